The van der Waals surface area contributed by atoms with Gasteiger partial charge in [-0.2, -0.15) is 27.4 Å². The second kappa shape index (κ2) is 12.3. The number of allylic oxidation sites excluding steroid dienone is 2. The Balaban J connectivity index is 2.01. The number of hydrogen-bond acceptors (Lipinski definition) is 10. The van der Waals surface area contributed by atoms with Crippen molar-refractivity contribution in [1.29, 1.82) is 10.5 Å². The molecule has 0 aromatic heterocycles. The lowest BCUT2D eigenvalue weighted by molar-refractivity contribution is 0.343. The van der Waals surface area contributed by atoms with Gasteiger partial charge in [0.1, 0.15) is 12.1 Å². The molecule has 0 amide bonds. The zero-order valence-electron chi connectivity index (χ0n) is 18.7. The van der Waals surface area contributed by atoms with Gasteiger partial charge in [0.15, 0.2) is 11.4 Å². The molecule has 0 heterocycles. The maximum absolute atomic E-state index is 11.0. The lowest BCUT2D eigenvalue weighted by atomic mass is 10.0. The first kappa shape index (κ1) is 27.0. The highest BCUT2D eigenvalue weighted by Gasteiger charge is 2.03. The molecule has 10 nitrogen and oxygen atoms in total. The molecule has 0 aliphatic heterocycles. The molecule has 2 rings (SSSR count). The van der Waals surface area contributed by atoms with E-state index in [9.17, 15) is 16.8 Å². The van der Waals surface area contributed by atoms with E-state index >= 15 is 0 Å². The van der Waals surface area contributed by atoms with Gasteiger partial charge in [0.05, 0.1) is 12.5 Å². The van der Waals surface area contributed by atoms with Gasteiger partial charge in [-0.3, -0.25) is 8.57 Å². The van der Waals surface area contributed by atoms with Crippen molar-refractivity contribution >= 4 is 43.8 Å². The number of oxime groups is 2. The van der Waals surface area contributed by atoms with E-state index in [4.69, 9.17) is 10.5 Å². The Hall–Kier alpha value is -4.26. The first-order valence-corrected chi connectivity index (χ1v) is 13.4. The molecule has 0 aliphatic rings. The summed E-state index contributed by atoms with van der Waals surface area (Å²) in [5.74, 6) is 0. The second-order valence-corrected chi connectivity index (χ2v) is 10.2. The summed E-state index contributed by atoms with van der Waals surface area (Å²) in [7, 11) is -7.57. The van der Waals surface area contributed by atoms with Crippen molar-refractivity contribution in [3.05, 3.63) is 82.9 Å². The van der Waals surface area contributed by atoms with Crippen LogP contribution in [0.4, 0.5) is 0 Å². The Morgan fingerprint density at radius 3 is 1.37 bits per heavy atom. The van der Waals surface area contributed by atoms with Crippen molar-refractivity contribution in [2.24, 2.45) is 10.3 Å². The molecule has 180 valence electrons. The van der Waals surface area contributed by atoms with Crippen molar-refractivity contribution in [2.75, 3.05) is 12.5 Å². The molecule has 0 aliphatic carbocycles. The normalized spacial score (nSPS) is 12.9. The molecule has 2 aromatic rings. The molecule has 12 heteroatoms. The van der Waals surface area contributed by atoms with Crippen molar-refractivity contribution < 1.29 is 25.4 Å². The fourth-order valence-corrected chi connectivity index (χ4v) is 2.90. The number of nitriles is 2. The molecule has 0 atom stereocenters. The second-order valence-electron chi connectivity index (χ2n) is 7.06. The van der Waals surface area contributed by atoms with E-state index in [1.807, 2.05) is 48.5 Å². The molecular weight excluding hydrogens is 492 g/mol. The van der Waals surface area contributed by atoms with Gasteiger partial charge in [-0.15, -0.1) is 0 Å². The maximum atomic E-state index is 11.0. The Kier molecular flexibility index (Phi) is 9.46. The molecule has 0 N–H and O–H groups in total. The summed E-state index contributed by atoms with van der Waals surface area (Å²) in [4.78, 5) is 0. The van der Waals surface area contributed by atoms with Crippen LogP contribution in [0.3, 0.4) is 0 Å². The summed E-state index contributed by atoms with van der Waals surface area (Å²) in [5, 5.41) is 24.6. The molecule has 0 fully saturated rings. The first-order chi connectivity index (χ1) is 16.5. The zero-order chi connectivity index (χ0) is 25.9. The Morgan fingerprint density at radius 2 is 1.09 bits per heavy atom. The van der Waals surface area contributed by atoms with Crippen molar-refractivity contribution in [1.82, 2.24) is 0 Å². The standard InChI is InChI=1S/C23H20N4O6S2/c1-34(28,29)32-26-22(16-24)13-11-18-3-7-20(8-4-18)15-21-9-5-19(6-10-21)12-14-23(17-25)27-33-35(2,30)31/h3-14H,15H2,1-2H3/b13-11+,14-12+,26-22-,27-23-. The average molecular weight is 513 g/mol. The van der Waals surface area contributed by atoms with Crippen LogP contribution < -0.4 is 0 Å². The van der Waals surface area contributed by atoms with Crippen molar-refractivity contribution in [3.8, 4) is 12.1 Å². The first-order valence-electron chi connectivity index (χ1n) is 9.75. The summed E-state index contributed by atoms with van der Waals surface area (Å²) < 4.78 is 52.3. The highest BCUT2D eigenvalue weighted by molar-refractivity contribution is 7.86. The molecule has 0 saturated carbocycles. The number of nitrogens with zero attached hydrogens (tertiary/aromatic N) is 4. The summed E-state index contributed by atoms with van der Waals surface area (Å²) in [6.07, 6.45) is 8.24. The zero-order valence-corrected chi connectivity index (χ0v) is 20.3. The highest BCUT2D eigenvalue weighted by Crippen LogP contribution is 2.14. The third kappa shape index (κ3) is 10.9. The number of benzene rings is 2. The van der Waals surface area contributed by atoms with Crippen LogP contribution in [0, 0.1) is 22.7 Å². The van der Waals surface area contributed by atoms with Gasteiger partial charge < -0.3 is 0 Å². The van der Waals surface area contributed by atoms with E-state index in [2.05, 4.69) is 18.9 Å². The van der Waals surface area contributed by atoms with E-state index in [0.717, 1.165) is 34.8 Å². The third-order valence-electron chi connectivity index (χ3n) is 4.01. The highest BCUT2D eigenvalue weighted by atomic mass is 32.2. The fraction of sp³-hybridized carbons (Fsp3) is 0.130. The molecule has 0 unspecified atom stereocenters. The summed E-state index contributed by atoms with van der Waals surface area (Å²) >= 11 is 0. The van der Waals surface area contributed by atoms with Crippen LogP contribution in [0.2, 0.25) is 0 Å². The predicted molar refractivity (Wildman–Crippen MR) is 132 cm³/mol. The molecule has 0 bridgehead atoms. The number of hydrogen-bond donors (Lipinski definition) is 0. The Bertz CT molecular complexity index is 1340. The van der Waals surface area contributed by atoms with Gasteiger partial charge in [0, 0.05) is 0 Å². The van der Waals surface area contributed by atoms with Crippen LogP contribution in [0.15, 0.2) is 71.0 Å². The Morgan fingerprint density at radius 1 is 0.743 bits per heavy atom. The predicted octanol–water partition coefficient (Wildman–Crippen LogP) is 3.02. The van der Waals surface area contributed by atoms with Gasteiger partial charge in [-0.05, 0) is 40.8 Å². The molecule has 0 saturated heterocycles. The third-order valence-corrected chi connectivity index (χ3v) is 4.70. The topological polar surface area (TPSA) is 159 Å². The van der Waals surface area contributed by atoms with Crippen LogP contribution >= 0.6 is 0 Å². The number of rotatable bonds is 10. The average Bonchev–Trinajstić information content (AvgIpc) is 2.80. The van der Waals surface area contributed by atoms with Crippen LogP contribution in [0.25, 0.3) is 12.2 Å². The monoisotopic (exact) mass is 512 g/mol. The van der Waals surface area contributed by atoms with Crippen molar-refractivity contribution in [2.45, 2.75) is 6.42 Å². The lowest BCUT2D eigenvalue weighted by Crippen LogP contribution is -1.99. The minimum atomic E-state index is -3.79. The van der Waals surface area contributed by atoms with Gasteiger partial charge in [0.25, 0.3) is 0 Å². The van der Waals surface area contributed by atoms with Crippen LogP contribution in [0.5, 0.6) is 0 Å². The van der Waals surface area contributed by atoms with E-state index in [0.29, 0.717) is 6.42 Å². The van der Waals surface area contributed by atoms with Gasteiger partial charge in [-0.25, -0.2) is 0 Å². The molecule has 2 aromatic carbocycles. The molecule has 35 heavy (non-hydrogen) atoms. The largest absolute Gasteiger partial charge is 0.325 e. The summed E-state index contributed by atoms with van der Waals surface area (Å²) in [5.41, 5.74) is 3.26. The minimum Gasteiger partial charge on any atom is -0.267 e. The van der Waals surface area contributed by atoms with Gasteiger partial charge in [0.2, 0.25) is 0 Å². The van der Waals surface area contributed by atoms with Gasteiger partial charge in [-0.1, -0.05) is 71.0 Å². The fourth-order valence-electron chi connectivity index (χ4n) is 2.47. The van der Waals surface area contributed by atoms with Crippen molar-refractivity contribution in [3.63, 3.8) is 0 Å². The molecule has 0 radical (unpaired) electrons. The summed E-state index contributed by atoms with van der Waals surface area (Å²) in [6.45, 7) is 0. The Labute approximate surface area is 204 Å². The summed E-state index contributed by atoms with van der Waals surface area (Å²) in [6, 6.07) is 18.5. The smallest absolute Gasteiger partial charge is 0.267 e. The van der Waals surface area contributed by atoms with Crippen LogP contribution in [0.1, 0.15) is 22.3 Å². The van der Waals surface area contributed by atoms with E-state index < -0.39 is 20.2 Å². The van der Waals surface area contributed by atoms with Crippen LogP contribution in [-0.4, -0.2) is 40.8 Å². The lowest BCUT2D eigenvalue weighted by Gasteiger charge is -2.04. The SMILES string of the molecule is CS(=O)(=O)O/N=C(C#N)/C=C/c1ccc(Cc2ccc(/C=C/C(C#N)=N/OS(C)(=O)=O)cc2)cc1. The van der Waals surface area contributed by atoms with E-state index in [1.54, 1.807) is 24.3 Å². The maximum Gasteiger partial charge on any atom is 0.325 e. The molecule has 0 spiro atoms. The van der Waals surface area contributed by atoms with Crippen LogP contribution in [-0.2, 0) is 35.2 Å². The molecular formula is C23H20N4O6S2. The van der Waals surface area contributed by atoms with E-state index in [1.165, 1.54) is 12.2 Å². The van der Waals surface area contributed by atoms with E-state index in [-0.39, 0.29) is 11.4 Å². The van der Waals surface area contributed by atoms with Gasteiger partial charge >= 0.3 is 20.2 Å². The minimum absolute atomic E-state index is 0.190. The quantitative estimate of drug-likeness (QED) is 0.347.